The number of carbonyl (C=O) groups excluding carboxylic acids is 1. The molecule has 2 unspecified atom stereocenters. The molecule has 2 atom stereocenters. The SMILES string of the molecule is NN=CNc1cccc(C(=O)C(C(=O)O)C(N)(C(=O)O)c2ccccc2)c1. The van der Waals surface area contributed by atoms with Gasteiger partial charge in [0.15, 0.2) is 17.2 Å². The van der Waals surface area contributed by atoms with Gasteiger partial charge in [0.1, 0.15) is 6.34 Å². The highest BCUT2D eigenvalue weighted by molar-refractivity contribution is 6.13. The van der Waals surface area contributed by atoms with E-state index in [4.69, 9.17) is 11.6 Å². The highest BCUT2D eigenvalue weighted by Gasteiger charge is 2.52. The summed E-state index contributed by atoms with van der Waals surface area (Å²) in [5.74, 6) is -1.26. The van der Waals surface area contributed by atoms with E-state index in [9.17, 15) is 24.6 Å². The number of benzene rings is 2. The Morgan fingerprint density at radius 3 is 2.30 bits per heavy atom. The summed E-state index contributed by atoms with van der Waals surface area (Å²) in [5.41, 5.74) is 3.95. The fraction of sp³-hybridized carbons (Fsp3) is 0.111. The number of nitrogens with one attached hydrogen (secondary N) is 1. The molecule has 0 heterocycles. The molecule has 0 aliphatic heterocycles. The number of hydrogen-bond acceptors (Lipinski definition) is 6. The minimum absolute atomic E-state index is 0.00259. The molecule has 0 aliphatic rings. The maximum Gasteiger partial charge on any atom is 0.329 e. The van der Waals surface area contributed by atoms with E-state index in [1.807, 2.05) is 0 Å². The highest BCUT2D eigenvalue weighted by atomic mass is 16.4. The van der Waals surface area contributed by atoms with Crippen molar-refractivity contribution < 1.29 is 24.6 Å². The largest absolute Gasteiger partial charge is 0.481 e. The highest BCUT2D eigenvalue weighted by Crippen LogP contribution is 2.31. The van der Waals surface area contributed by atoms with Crippen LogP contribution in [0.5, 0.6) is 0 Å². The van der Waals surface area contributed by atoms with Gasteiger partial charge in [-0.1, -0.05) is 42.5 Å². The van der Waals surface area contributed by atoms with Gasteiger partial charge in [-0.05, 0) is 17.7 Å². The van der Waals surface area contributed by atoms with Gasteiger partial charge in [-0.15, -0.1) is 0 Å². The number of hydrazone groups is 1. The summed E-state index contributed by atoms with van der Waals surface area (Å²) in [5, 5.41) is 25.3. The number of nitrogens with zero attached hydrogens (tertiary/aromatic N) is 1. The van der Waals surface area contributed by atoms with Crippen molar-refractivity contribution in [2.45, 2.75) is 5.54 Å². The molecule has 9 nitrogen and oxygen atoms in total. The van der Waals surface area contributed by atoms with Gasteiger partial charge >= 0.3 is 11.9 Å². The van der Waals surface area contributed by atoms with Crippen LogP contribution in [0.25, 0.3) is 0 Å². The number of carbonyl (C=O) groups is 3. The standard InChI is InChI=1S/C18H18N4O5/c19-18(17(26)27,12-6-2-1-3-7-12)14(16(24)25)15(23)11-5-4-8-13(9-11)21-10-22-20/h1-10,14H,19-20H2,(H,21,22)(H,24,25)(H,26,27). The van der Waals surface area contributed by atoms with E-state index in [1.165, 1.54) is 48.8 Å². The zero-order valence-electron chi connectivity index (χ0n) is 14.1. The maximum absolute atomic E-state index is 12.9. The number of hydrogen-bond donors (Lipinski definition) is 5. The molecular formula is C18H18N4O5. The number of nitrogens with two attached hydrogens (primary N) is 2. The summed E-state index contributed by atoms with van der Waals surface area (Å²) < 4.78 is 0. The molecule has 0 radical (unpaired) electrons. The zero-order chi connectivity index (χ0) is 20.0. The molecule has 2 aromatic rings. The summed E-state index contributed by atoms with van der Waals surface area (Å²) in [6.07, 6.45) is 1.17. The third-order valence-corrected chi connectivity index (χ3v) is 4.02. The van der Waals surface area contributed by atoms with Gasteiger partial charge in [-0.2, -0.15) is 5.10 Å². The van der Waals surface area contributed by atoms with E-state index in [0.29, 0.717) is 5.69 Å². The molecule has 0 amide bonds. The van der Waals surface area contributed by atoms with Crippen molar-refractivity contribution >= 4 is 29.7 Å². The summed E-state index contributed by atoms with van der Waals surface area (Å²) >= 11 is 0. The van der Waals surface area contributed by atoms with Crippen LogP contribution in [0.3, 0.4) is 0 Å². The van der Waals surface area contributed by atoms with Gasteiger partial charge in [0.2, 0.25) is 0 Å². The summed E-state index contributed by atoms with van der Waals surface area (Å²) in [6, 6.07) is 13.2. The summed E-state index contributed by atoms with van der Waals surface area (Å²) in [4.78, 5) is 36.7. The van der Waals surface area contributed by atoms with Crippen LogP contribution in [0.15, 0.2) is 59.7 Å². The average Bonchev–Trinajstić information content (AvgIpc) is 2.66. The van der Waals surface area contributed by atoms with E-state index in [2.05, 4.69) is 10.4 Å². The Morgan fingerprint density at radius 2 is 1.74 bits per heavy atom. The van der Waals surface area contributed by atoms with Crippen LogP contribution < -0.4 is 16.9 Å². The van der Waals surface area contributed by atoms with Crippen LogP contribution in [-0.2, 0) is 15.1 Å². The Bertz CT molecular complexity index is 884. The lowest BCUT2D eigenvalue weighted by Gasteiger charge is -2.30. The quantitative estimate of drug-likeness (QED) is 0.114. The van der Waals surface area contributed by atoms with Gasteiger partial charge in [-0.3, -0.25) is 9.59 Å². The monoisotopic (exact) mass is 370 g/mol. The second-order valence-corrected chi connectivity index (χ2v) is 5.68. The van der Waals surface area contributed by atoms with Gasteiger partial charge < -0.3 is 27.1 Å². The van der Waals surface area contributed by atoms with Crippen LogP contribution in [0, 0.1) is 5.92 Å². The number of rotatable bonds is 8. The number of carboxylic acids is 2. The van der Waals surface area contributed by atoms with Gasteiger partial charge in [0.25, 0.3) is 0 Å². The number of aliphatic carboxylic acids is 2. The molecule has 0 fully saturated rings. The summed E-state index contributed by atoms with van der Waals surface area (Å²) in [7, 11) is 0. The van der Waals surface area contributed by atoms with E-state index < -0.39 is 29.2 Å². The smallest absolute Gasteiger partial charge is 0.329 e. The van der Waals surface area contributed by atoms with E-state index in [1.54, 1.807) is 12.1 Å². The topological polar surface area (TPSA) is 168 Å². The van der Waals surface area contributed by atoms with Crippen LogP contribution in [0.4, 0.5) is 5.69 Å². The van der Waals surface area contributed by atoms with Gasteiger partial charge in [0, 0.05) is 11.3 Å². The zero-order valence-corrected chi connectivity index (χ0v) is 14.1. The Labute approximate surface area is 154 Å². The van der Waals surface area contributed by atoms with Crippen molar-refractivity contribution in [2.24, 2.45) is 22.6 Å². The van der Waals surface area contributed by atoms with Crippen molar-refractivity contribution in [3.63, 3.8) is 0 Å². The van der Waals surface area contributed by atoms with Gasteiger partial charge in [0.05, 0.1) is 0 Å². The van der Waals surface area contributed by atoms with Crippen LogP contribution >= 0.6 is 0 Å². The van der Waals surface area contributed by atoms with Crippen LogP contribution in [-0.4, -0.2) is 34.3 Å². The molecule has 2 rings (SSSR count). The normalized spacial score (nSPS) is 14.3. The van der Waals surface area contributed by atoms with Crippen molar-refractivity contribution in [1.29, 1.82) is 0 Å². The van der Waals surface area contributed by atoms with Crippen molar-refractivity contribution in [1.82, 2.24) is 0 Å². The van der Waals surface area contributed by atoms with Crippen LogP contribution in [0.1, 0.15) is 15.9 Å². The maximum atomic E-state index is 12.9. The second-order valence-electron chi connectivity index (χ2n) is 5.68. The molecule has 9 heteroatoms. The lowest BCUT2D eigenvalue weighted by molar-refractivity contribution is -0.154. The summed E-state index contributed by atoms with van der Waals surface area (Å²) in [6.45, 7) is 0. The molecule has 0 spiro atoms. The average molecular weight is 370 g/mol. The first-order valence-electron chi connectivity index (χ1n) is 7.75. The number of anilines is 1. The van der Waals surface area contributed by atoms with Gasteiger partial charge in [-0.25, -0.2) is 4.79 Å². The molecule has 0 saturated heterocycles. The molecule has 0 bridgehead atoms. The molecule has 2 aromatic carbocycles. The van der Waals surface area contributed by atoms with E-state index >= 15 is 0 Å². The molecule has 0 aliphatic carbocycles. The van der Waals surface area contributed by atoms with E-state index in [-0.39, 0.29) is 11.1 Å². The van der Waals surface area contributed by atoms with E-state index in [0.717, 1.165) is 0 Å². The first-order chi connectivity index (χ1) is 12.8. The third kappa shape index (κ3) is 3.93. The van der Waals surface area contributed by atoms with Crippen molar-refractivity contribution in [3.05, 3.63) is 65.7 Å². The lowest BCUT2D eigenvalue weighted by Crippen LogP contribution is -2.56. The molecule has 140 valence electrons. The van der Waals surface area contributed by atoms with Crippen LogP contribution in [0.2, 0.25) is 0 Å². The molecule has 27 heavy (non-hydrogen) atoms. The molecular weight excluding hydrogens is 352 g/mol. The van der Waals surface area contributed by atoms with Crippen molar-refractivity contribution in [2.75, 3.05) is 5.32 Å². The fourth-order valence-corrected chi connectivity index (χ4v) is 2.68. The fourth-order valence-electron chi connectivity index (χ4n) is 2.68. The Balaban J connectivity index is 2.54. The number of Topliss-reactive ketones (excluding diaryl/α,β-unsaturated/α-hetero) is 1. The predicted octanol–water partition coefficient (Wildman–Crippen LogP) is 0.823. The Hall–Kier alpha value is -3.72. The lowest BCUT2D eigenvalue weighted by atomic mass is 9.75. The minimum atomic E-state index is -2.45. The number of carboxylic acid groups (broad SMARTS) is 2. The molecule has 7 N–H and O–H groups in total. The third-order valence-electron chi connectivity index (χ3n) is 4.02. The first kappa shape index (κ1) is 19.6. The number of ketones is 1. The molecule has 0 saturated carbocycles. The first-order valence-corrected chi connectivity index (χ1v) is 7.75. The second kappa shape index (κ2) is 8.11. The Morgan fingerprint density at radius 1 is 1.07 bits per heavy atom. The minimum Gasteiger partial charge on any atom is -0.481 e. The predicted molar refractivity (Wildman–Crippen MR) is 98.1 cm³/mol. The molecule has 0 aromatic heterocycles. The van der Waals surface area contributed by atoms with Crippen molar-refractivity contribution in [3.8, 4) is 0 Å². The Kier molecular flexibility index (Phi) is 5.89.